The molecule has 2 N–H and O–H groups in total. The first-order chi connectivity index (χ1) is 21.3. The lowest BCUT2D eigenvalue weighted by molar-refractivity contribution is -0.150. The fraction of sp³-hybridized carbons (Fsp3) is 0.324. The Hall–Kier alpha value is -4.88. The third kappa shape index (κ3) is 5.58. The summed E-state index contributed by atoms with van der Waals surface area (Å²) < 4.78 is 25.9. The molecule has 0 bridgehead atoms. The minimum Gasteiger partial charge on any atom is -0.497 e. The maximum atomic E-state index is 15.1. The summed E-state index contributed by atoms with van der Waals surface area (Å²) in [7, 11) is 3.56. The van der Waals surface area contributed by atoms with Crippen molar-refractivity contribution in [2.24, 2.45) is 5.73 Å². The van der Waals surface area contributed by atoms with Gasteiger partial charge in [-0.05, 0) is 54.9 Å². The standard InChI is InChI=1S/C34H36FN5O4/c1-4-44-34(42)31-32(41)27(21-37)33-39(18-16-24-10-7-8-17-38(24)2)30(22-12-14-25(43-3)15-13-22)26(20-36)29(40(31)33)19-23-9-5-6-11-28(23)35/h5-15,17,24,30-31H,4,16,18-19,21,37H2,1-3H3. The van der Waals surface area contributed by atoms with Crippen LogP contribution >= 0.6 is 0 Å². The van der Waals surface area contributed by atoms with E-state index in [1.807, 2.05) is 54.6 Å². The molecule has 0 fully saturated rings. The van der Waals surface area contributed by atoms with Crippen LogP contribution in [0.5, 0.6) is 5.75 Å². The molecule has 3 aliphatic rings. The molecule has 0 aromatic heterocycles. The van der Waals surface area contributed by atoms with Crippen molar-refractivity contribution in [1.82, 2.24) is 14.7 Å². The van der Waals surface area contributed by atoms with E-state index < -0.39 is 29.7 Å². The van der Waals surface area contributed by atoms with E-state index >= 15 is 4.39 Å². The van der Waals surface area contributed by atoms with Gasteiger partial charge in [0.15, 0.2) is 11.8 Å². The number of Topliss-reactive ketones (excluding diaryl/α,β-unsaturated/α-hetero) is 1. The minimum absolute atomic E-state index is 0.0283. The molecule has 0 spiro atoms. The van der Waals surface area contributed by atoms with Gasteiger partial charge >= 0.3 is 5.97 Å². The number of esters is 1. The number of halogens is 1. The first kappa shape index (κ1) is 30.6. The number of nitriles is 1. The highest BCUT2D eigenvalue weighted by atomic mass is 19.1. The summed E-state index contributed by atoms with van der Waals surface area (Å²) in [6.45, 7) is 2.01. The van der Waals surface area contributed by atoms with Crippen LogP contribution in [0.4, 0.5) is 4.39 Å². The molecular formula is C34H36FN5O4. The summed E-state index contributed by atoms with van der Waals surface area (Å²) in [6, 6.07) is 14.1. The van der Waals surface area contributed by atoms with Crippen LogP contribution in [0.2, 0.25) is 0 Å². The van der Waals surface area contributed by atoms with Crippen LogP contribution in [0.1, 0.15) is 30.5 Å². The van der Waals surface area contributed by atoms with Crippen LogP contribution < -0.4 is 10.5 Å². The number of methoxy groups -OCH3 is 1. The van der Waals surface area contributed by atoms with Crippen LogP contribution in [-0.2, 0) is 20.7 Å². The molecule has 3 heterocycles. The molecule has 0 aliphatic carbocycles. The lowest BCUT2D eigenvalue weighted by Gasteiger charge is -2.46. The van der Waals surface area contributed by atoms with Crippen molar-refractivity contribution in [3.05, 3.63) is 113 Å². The van der Waals surface area contributed by atoms with Gasteiger partial charge in [0.05, 0.1) is 37.0 Å². The van der Waals surface area contributed by atoms with Gasteiger partial charge in [0.25, 0.3) is 0 Å². The molecule has 10 heteroatoms. The largest absolute Gasteiger partial charge is 0.497 e. The second kappa shape index (κ2) is 13.2. The molecule has 2 aromatic carbocycles. The fourth-order valence-electron chi connectivity index (χ4n) is 6.14. The lowest BCUT2D eigenvalue weighted by atomic mass is 9.90. The highest BCUT2D eigenvalue weighted by Crippen LogP contribution is 2.47. The Labute approximate surface area is 256 Å². The zero-order valence-corrected chi connectivity index (χ0v) is 25.1. The summed E-state index contributed by atoms with van der Waals surface area (Å²) >= 11 is 0. The number of allylic oxidation sites excluding steroid dienone is 3. The predicted octanol–water partition coefficient (Wildman–Crippen LogP) is 3.97. The topological polar surface area (TPSA) is 112 Å². The summed E-state index contributed by atoms with van der Waals surface area (Å²) in [6.07, 6.45) is 8.63. The van der Waals surface area contributed by atoms with E-state index in [1.54, 1.807) is 37.1 Å². The van der Waals surface area contributed by atoms with E-state index in [1.165, 1.54) is 6.07 Å². The summed E-state index contributed by atoms with van der Waals surface area (Å²) in [5.74, 6) is -0.594. The van der Waals surface area contributed by atoms with Crippen molar-refractivity contribution in [3.63, 3.8) is 0 Å². The monoisotopic (exact) mass is 597 g/mol. The van der Waals surface area contributed by atoms with Crippen LogP contribution in [0.3, 0.4) is 0 Å². The van der Waals surface area contributed by atoms with E-state index in [0.717, 1.165) is 5.56 Å². The minimum atomic E-state index is -1.38. The van der Waals surface area contributed by atoms with Gasteiger partial charge in [-0.3, -0.25) is 4.79 Å². The van der Waals surface area contributed by atoms with Crippen molar-refractivity contribution in [2.75, 3.05) is 33.9 Å². The second-order valence-electron chi connectivity index (χ2n) is 10.8. The molecule has 5 rings (SSSR count). The Bertz CT molecular complexity index is 1590. The zero-order valence-electron chi connectivity index (χ0n) is 25.1. The maximum absolute atomic E-state index is 15.1. The third-order valence-electron chi connectivity index (χ3n) is 8.30. The number of ether oxygens (including phenoxy) is 2. The average Bonchev–Trinajstić information content (AvgIpc) is 3.33. The van der Waals surface area contributed by atoms with Gasteiger partial charge in [-0.15, -0.1) is 0 Å². The number of benzene rings is 2. The van der Waals surface area contributed by atoms with Crippen molar-refractivity contribution < 1.29 is 23.5 Å². The second-order valence-corrected chi connectivity index (χ2v) is 10.8. The van der Waals surface area contributed by atoms with Crippen LogP contribution in [0.25, 0.3) is 0 Å². The molecule has 3 aliphatic heterocycles. The van der Waals surface area contributed by atoms with Gasteiger partial charge in [-0.2, -0.15) is 5.26 Å². The Morgan fingerprint density at radius 2 is 1.89 bits per heavy atom. The molecule has 0 radical (unpaired) electrons. The van der Waals surface area contributed by atoms with Crippen LogP contribution in [-0.4, -0.2) is 72.4 Å². The number of hydrogen-bond donors (Lipinski definition) is 1. The molecule has 0 saturated carbocycles. The average molecular weight is 598 g/mol. The van der Waals surface area contributed by atoms with E-state index in [4.69, 9.17) is 15.2 Å². The zero-order chi connectivity index (χ0) is 31.4. The van der Waals surface area contributed by atoms with Gasteiger partial charge in [0.1, 0.15) is 17.4 Å². The molecule has 3 unspecified atom stereocenters. The number of rotatable bonds is 10. The van der Waals surface area contributed by atoms with E-state index in [9.17, 15) is 14.9 Å². The molecule has 0 saturated heterocycles. The van der Waals surface area contributed by atoms with Crippen molar-refractivity contribution in [2.45, 2.75) is 37.9 Å². The number of likely N-dealkylation sites (N-methyl/N-ethyl adjacent to an activating group) is 1. The molecule has 44 heavy (non-hydrogen) atoms. The first-order valence-corrected chi connectivity index (χ1v) is 14.6. The Balaban J connectivity index is 1.74. The first-order valence-electron chi connectivity index (χ1n) is 14.6. The van der Waals surface area contributed by atoms with Gasteiger partial charge in [0, 0.05) is 38.3 Å². The number of carbonyl (C=O) groups excluding carboxylic acids is 2. The maximum Gasteiger partial charge on any atom is 0.337 e. The number of fused-ring (bicyclic) bond motifs is 1. The number of ketones is 1. The van der Waals surface area contributed by atoms with Gasteiger partial charge < -0.3 is 29.9 Å². The molecule has 9 nitrogen and oxygen atoms in total. The number of nitrogens with zero attached hydrogens (tertiary/aromatic N) is 4. The normalized spacial score (nSPS) is 21.1. The third-order valence-corrected chi connectivity index (χ3v) is 8.30. The molecule has 2 aromatic rings. The molecule has 3 atom stereocenters. The number of hydrogen-bond acceptors (Lipinski definition) is 9. The molecular weight excluding hydrogens is 561 g/mol. The summed E-state index contributed by atoms with van der Waals surface area (Å²) in [5.41, 5.74) is 8.25. The Morgan fingerprint density at radius 3 is 2.52 bits per heavy atom. The van der Waals surface area contributed by atoms with Crippen molar-refractivity contribution in [1.29, 1.82) is 5.26 Å². The van der Waals surface area contributed by atoms with E-state index in [0.29, 0.717) is 41.4 Å². The van der Waals surface area contributed by atoms with Gasteiger partial charge in [-0.25, -0.2) is 9.18 Å². The van der Waals surface area contributed by atoms with E-state index in [-0.39, 0.29) is 31.2 Å². The van der Waals surface area contributed by atoms with Crippen LogP contribution in [0.15, 0.2) is 95.6 Å². The Morgan fingerprint density at radius 1 is 1.14 bits per heavy atom. The van der Waals surface area contributed by atoms with Crippen molar-refractivity contribution in [3.8, 4) is 11.8 Å². The molecule has 228 valence electrons. The Kier molecular flexibility index (Phi) is 9.16. The molecule has 0 amide bonds. The van der Waals surface area contributed by atoms with E-state index in [2.05, 4.69) is 17.0 Å². The van der Waals surface area contributed by atoms with Crippen molar-refractivity contribution >= 4 is 11.8 Å². The van der Waals surface area contributed by atoms with Gasteiger partial charge in [-0.1, -0.05) is 42.5 Å². The quantitative estimate of drug-likeness (QED) is 0.321. The summed E-state index contributed by atoms with van der Waals surface area (Å²) in [4.78, 5) is 33.1. The highest BCUT2D eigenvalue weighted by molar-refractivity contribution is 6.15. The smallest absolute Gasteiger partial charge is 0.337 e. The fourth-order valence-corrected chi connectivity index (χ4v) is 6.14. The number of carbonyl (C=O) groups is 2. The summed E-state index contributed by atoms with van der Waals surface area (Å²) in [5, 5.41) is 10.8. The lowest BCUT2D eigenvalue weighted by Crippen LogP contribution is -2.50. The highest BCUT2D eigenvalue weighted by Gasteiger charge is 2.52. The predicted molar refractivity (Wildman–Crippen MR) is 163 cm³/mol. The SMILES string of the molecule is CCOC(=O)C1C(=O)C(CN)=C2N(CCC3C=CC=CN3C)C(c3ccc(OC)cc3)C(C#N)=C(Cc3ccccc3F)N21. The van der Waals surface area contributed by atoms with Crippen LogP contribution in [0, 0.1) is 17.1 Å². The van der Waals surface area contributed by atoms with Gasteiger partial charge in [0.2, 0.25) is 0 Å². The number of nitrogens with two attached hydrogens (primary N) is 1.